The van der Waals surface area contributed by atoms with Crippen LogP contribution in [0.15, 0.2) is 60.8 Å². The van der Waals surface area contributed by atoms with Gasteiger partial charge in [-0.15, -0.1) is 0 Å². The van der Waals surface area contributed by atoms with E-state index in [1.807, 2.05) is 31.5 Å². The van der Waals surface area contributed by atoms with Crippen molar-refractivity contribution < 1.29 is 9.53 Å². The number of likely N-dealkylation sites (N-methyl/N-ethyl adjacent to an activating group) is 1. The van der Waals surface area contributed by atoms with Crippen molar-refractivity contribution in [3.8, 4) is 11.3 Å². The third-order valence-electron chi connectivity index (χ3n) is 7.20. The third kappa shape index (κ3) is 4.01. The van der Waals surface area contributed by atoms with E-state index < -0.39 is 0 Å². The normalized spacial score (nSPS) is 17.3. The summed E-state index contributed by atoms with van der Waals surface area (Å²) in [7, 11) is 1.85. The summed E-state index contributed by atoms with van der Waals surface area (Å²) in [6.45, 7) is 6.56. The Morgan fingerprint density at radius 2 is 2.09 bits per heavy atom. The molecule has 7 heteroatoms. The number of benzene rings is 1. The van der Waals surface area contributed by atoms with Crippen LogP contribution in [0.5, 0.6) is 0 Å². The van der Waals surface area contributed by atoms with Crippen LogP contribution in [0.4, 0.5) is 0 Å². The van der Waals surface area contributed by atoms with Gasteiger partial charge in [-0.25, -0.2) is 0 Å². The van der Waals surface area contributed by atoms with Gasteiger partial charge >= 0.3 is 0 Å². The number of ether oxygens (including phenoxy) is 1. The smallest absolute Gasteiger partial charge is 0.260 e. The number of carbonyl (C=O) groups excluding carboxylic acids is 1. The van der Waals surface area contributed by atoms with Crippen molar-refractivity contribution in [2.24, 2.45) is 5.92 Å². The molecule has 1 fully saturated rings. The highest BCUT2D eigenvalue weighted by atomic mass is 16.5. The lowest BCUT2D eigenvalue weighted by molar-refractivity contribution is 0.0516. The molecule has 2 aromatic heterocycles. The van der Waals surface area contributed by atoms with E-state index in [0.717, 1.165) is 65.2 Å². The molecule has 5 rings (SSSR count). The van der Waals surface area contributed by atoms with Gasteiger partial charge in [-0.1, -0.05) is 12.1 Å². The Bertz CT molecular complexity index is 1260. The Morgan fingerprint density at radius 3 is 2.79 bits per heavy atom. The number of nitrogens with zero attached hydrogens (tertiary/aromatic N) is 4. The number of allylic oxidation sites excluding steroid dienone is 2. The van der Waals surface area contributed by atoms with Gasteiger partial charge in [-0.05, 0) is 57.0 Å². The summed E-state index contributed by atoms with van der Waals surface area (Å²) in [5.41, 5.74) is 5.59. The largest absolute Gasteiger partial charge is 0.385 e. The lowest BCUT2D eigenvalue weighted by atomic mass is 9.92. The van der Waals surface area contributed by atoms with Gasteiger partial charge in [-0.2, -0.15) is 0 Å². The molecule has 0 spiro atoms. The van der Waals surface area contributed by atoms with Gasteiger partial charge in [0.1, 0.15) is 0 Å². The molecular weight excluding hydrogens is 426 g/mol. The van der Waals surface area contributed by atoms with E-state index in [-0.39, 0.29) is 11.9 Å². The molecule has 176 valence electrons. The average molecular weight is 458 g/mol. The zero-order valence-electron chi connectivity index (χ0n) is 20.0. The molecule has 1 atom stereocenters. The third-order valence-corrected chi connectivity index (χ3v) is 7.20. The Hall–Kier alpha value is -3.45. The fraction of sp³-hybridized carbons (Fsp3) is 0.370. The Kier molecular flexibility index (Phi) is 6.20. The molecule has 0 aliphatic carbocycles. The number of nitrogens with one attached hydrogen (secondary N) is 1. The predicted octanol–water partition coefficient (Wildman–Crippen LogP) is 4.47. The monoisotopic (exact) mass is 457 g/mol. The highest BCUT2D eigenvalue weighted by Gasteiger charge is 2.29. The number of aromatic nitrogens is 3. The van der Waals surface area contributed by atoms with Crippen molar-refractivity contribution in [2.75, 3.05) is 26.8 Å². The van der Waals surface area contributed by atoms with Gasteiger partial charge in [0.05, 0.1) is 24.0 Å². The number of carbonyl (C=O) groups is 1. The van der Waals surface area contributed by atoms with Gasteiger partial charge in [0.15, 0.2) is 0 Å². The highest BCUT2D eigenvalue weighted by molar-refractivity contribution is 6.09. The van der Waals surface area contributed by atoms with E-state index >= 15 is 0 Å². The van der Waals surface area contributed by atoms with Gasteiger partial charge < -0.3 is 19.5 Å². The number of rotatable bonds is 5. The van der Waals surface area contributed by atoms with Crippen LogP contribution in [-0.4, -0.2) is 52.1 Å². The van der Waals surface area contributed by atoms with Crippen molar-refractivity contribution in [3.05, 3.63) is 72.1 Å². The average Bonchev–Trinajstić information content (AvgIpc) is 3.19. The van der Waals surface area contributed by atoms with E-state index in [1.54, 1.807) is 23.5 Å². The van der Waals surface area contributed by atoms with Crippen LogP contribution in [0.3, 0.4) is 0 Å². The number of dihydropyridines is 1. The molecule has 1 N–H and O–H groups in total. The Balaban J connectivity index is 1.65. The van der Waals surface area contributed by atoms with Crippen molar-refractivity contribution in [1.29, 1.82) is 0 Å². The van der Waals surface area contributed by atoms with Crippen LogP contribution in [0.1, 0.15) is 41.9 Å². The molecule has 1 amide bonds. The molecule has 7 nitrogen and oxygen atoms in total. The van der Waals surface area contributed by atoms with Crippen LogP contribution in [0.25, 0.3) is 22.2 Å². The van der Waals surface area contributed by atoms with E-state index in [1.165, 1.54) is 0 Å². The summed E-state index contributed by atoms with van der Waals surface area (Å²) in [6.07, 6.45) is 13.0. The minimum atomic E-state index is 0.0102. The van der Waals surface area contributed by atoms with Gasteiger partial charge in [0.2, 0.25) is 0 Å². The first kappa shape index (κ1) is 22.3. The molecular formula is C27H31N5O2. The summed E-state index contributed by atoms with van der Waals surface area (Å²) in [5.74, 6) is 0.510. The molecule has 4 heterocycles. The lowest BCUT2D eigenvalue weighted by Crippen LogP contribution is -2.32. The summed E-state index contributed by atoms with van der Waals surface area (Å²) < 4.78 is 7.98. The summed E-state index contributed by atoms with van der Waals surface area (Å²) in [5, 5.41) is 4.17. The molecule has 1 unspecified atom stereocenters. The second-order valence-corrected chi connectivity index (χ2v) is 9.11. The molecule has 1 aromatic carbocycles. The van der Waals surface area contributed by atoms with E-state index in [4.69, 9.17) is 4.74 Å². The molecule has 3 aromatic rings. The standard InChI is InChI=1S/C27H31N5O2/c1-18(20-8-13-34-14-9-20)32-19(2)26(27(33)31(3)22-5-4-10-28-16-22)23-7-6-21(15-25(23)32)24-17-29-11-12-30-24/h4-7,10-12,15,17-18,20,28H,8-9,13-14,16H2,1-3H3. The van der Waals surface area contributed by atoms with Crippen LogP contribution in [0.2, 0.25) is 0 Å². The van der Waals surface area contributed by atoms with Crippen LogP contribution in [-0.2, 0) is 4.74 Å². The first-order chi connectivity index (χ1) is 16.6. The van der Waals surface area contributed by atoms with Gasteiger partial charge in [-0.3, -0.25) is 14.8 Å². The zero-order valence-corrected chi connectivity index (χ0v) is 20.0. The first-order valence-corrected chi connectivity index (χ1v) is 11.9. The number of hydrogen-bond acceptors (Lipinski definition) is 5. The quantitative estimate of drug-likeness (QED) is 0.612. The second-order valence-electron chi connectivity index (χ2n) is 9.11. The fourth-order valence-corrected chi connectivity index (χ4v) is 5.23. The van der Waals surface area contributed by atoms with Crippen molar-refractivity contribution in [2.45, 2.75) is 32.7 Å². The maximum absolute atomic E-state index is 13.8. The van der Waals surface area contributed by atoms with Crippen LogP contribution in [0, 0.1) is 12.8 Å². The minimum absolute atomic E-state index is 0.0102. The van der Waals surface area contributed by atoms with Gasteiger partial charge in [0.25, 0.3) is 5.91 Å². The summed E-state index contributed by atoms with van der Waals surface area (Å²) in [6, 6.07) is 6.50. The molecule has 2 aliphatic heterocycles. The number of fused-ring (bicyclic) bond motifs is 1. The fourth-order valence-electron chi connectivity index (χ4n) is 5.23. The number of amides is 1. The maximum Gasteiger partial charge on any atom is 0.260 e. The van der Waals surface area contributed by atoms with Gasteiger partial charge in [0, 0.05) is 66.6 Å². The molecule has 2 aliphatic rings. The minimum Gasteiger partial charge on any atom is -0.385 e. The van der Waals surface area contributed by atoms with E-state index in [2.05, 4.69) is 45.8 Å². The Labute approximate surface area is 200 Å². The zero-order chi connectivity index (χ0) is 23.7. The molecule has 0 radical (unpaired) electrons. The van der Waals surface area contributed by atoms with E-state index in [0.29, 0.717) is 12.5 Å². The highest BCUT2D eigenvalue weighted by Crippen LogP contribution is 2.37. The summed E-state index contributed by atoms with van der Waals surface area (Å²) >= 11 is 0. The van der Waals surface area contributed by atoms with Crippen molar-refractivity contribution in [3.63, 3.8) is 0 Å². The predicted molar refractivity (Wildman–Crippen MR) is 133 cm³/mol. The van der Waals surface area contributed by atoms with E-state index in [9.17, 15) is 4.79 Å². The van der Waals surface area contributed by atoms with Crippen molar-refractivity contribution in [1.82, 2.24) is 24.8 Å². The summed E-state index contributed by atoms with van der Waals surface area (Å²) in [4.78, 5) is 24.3. The molecule has 1 saturated heterocycles. The SMILES string of the molecule is Cc1c(C(=O)N(C)C2=CC=CNC2)c2ccc(-c3cnccn3)cc2n1C(C)C1CCOCC1. The molecule has 0 saturated carbocycles. The van der Waals surface area contributed by atoms with Crippen LogP contribution >= 0.6 is 0 Å². The lowest BCUT2D eigenvalue weighted by Gasteiger charge is -2.30. The molecule has 0 bridgehead atoms. The Morgan fingerprint density at radius 1 is 1.26 bits per heavy atom. The maximum atomic E-state index is 13.8. The van der Waals surface area contributed by atoms with Crippen molar-refractivity contribution >= 4 is 16.8 Å². The molecule has 34 heavy (non-hydrogen) atoms. The first-order valence-electron chi connectivity index (χ1n) is 11.9. The van der Waals surface area contributed by atoms with Crippen LogP contribution < -0.4 is 5.32 Å². The second kappa shape index (κ2) is 9.43. The topological polar surface area (TPSA) is 72.3 Å². The number of hydrogen-bond donors (Lipinski definition) is 1.